The molecule has 3 heterocycles. The van der Waals surface area contributed by atoms with Gasteiger partial charge in [-0.1, -0.05) is 24.3 Å². The Morgan fingerprint density at radius 2 is 1.97 bits per heavy atom. The summed E-state index contributed by atoms with van der Waals surface area (Å²) in [5, 5.41) is 10.5. The zero-order valence-corrected chi connectivity index (χ0v) is 15.5. The van der Waals surface area contributed by atoms with Gasteiger partial charge in [0.15, 0.2) is 0 Å². The predicted molar refractivity (Wildman–Crippen MR) is 101 cm³/mol. The summed E-state index contributed by atoms with van der Waals surface area (Å²) in [5.74, 6) is -0.360. The second kappa shape index (κ2) is 7.32. The number of carbonyl (C=O) groups is 1. The van der Waals surface area contributed by atoms with E-state index >= 15 is 0 Å². The third-order valence-electron chi connectivity index (χ3n) is 4.97. The second-order valence-corrected chi connectivity index (χ2v) is 6.91. The SMILES string of the molecule is CC1NC=CC=C1NC(=O)C1=CNC2C=CC(c3ccccc3C(F)(F)F)NN12. The molecule has 0 spiro atoms. The summed E-state index contributed by atoms with van der Waals surface area (Å²) >= 11 is 0. The molecule has 3 aliphatic rings. The minimum absolute atomic E-state index is 0.0599. The summed E-state index contributed by atoms with van der Waals surface area (Å²) < 4.78 is 40.2. The Balaban J connectivity index is 1.54. The Hall–Kier alpha value is -3.20. The molecule has 0 saturated carbocycles. The molecule has 3 atom stereocenters. The van der Waals surface area contributed by atoms with E-state index in [1.807, 2.05) is 6.92 Å². The van der Waals surface area contributed by atoms with Gasteiger partial charge < -0.3 is 16.0 Å². The molecule has 6 nitrogen and oxygen atoms in total. The smallest absolute Gasteiger partial charge is 0.383 e. The third-order valence-corrected chi connectivity index (χ3v) is 4.97. The van der Waals surface area contributed by atoms with Gasteiger partial charge in [-0.15, -0.1) is 0 Å². The van der Waals surface area contributed by atoms with Crippen molar-refractivity contribution in [2.24, 2.45) is 0 Å². The van der Waals surface area contributed by atoms with Gasteiger partial charge in [0.1, 0.15) is 11.9 Å². The zero-order valence-electron chi connectivity index (χ0n) is 15.5. The minimum atomic E-state index is -4.47. The number of hydrogen-bond donors (Lipinski definition) is 4. The van der Waals surface area contributed by atoms with Crippen LogP contribution in [0.5, 0.6) is 0 Å². The van der Waals surface area contributed by atoms with Crippen LogP contribution in [0, 0.1) is 0 Å². The molecule has 0 radical (unpaired) electrons. The van der Waals surface area contributed by atoms with Gasteiger partial charge in [-0.25, -0.2) is 5.43 Å². The fourth-order valence-corrected chi connectivity index (χ4v) is 3.46. The maximum Gasteiger partial charge on any atom is 0.416 e. The zero-order chi connectivity index (χ0) is 20.6. The van der Waals surface area contributed by atoms with Crippen molar-refractivity contribution in [2.75, 3.05) is 0 Å². The first kappa shape index (κ1) is 19.1. The number of amides is 1. The Morgan fingerprint density at radius 3 is 2.72 bits per heavy atom. The van der Waals surface area contributed by atoms with Crippen LogP contribution in [0.4, 0.5) is 13.2 Å². The standard InChI is InChI=1S/C20H20F3N5O/c1-12-15(7-4-10-24-12)26-19(29)17-11-25-18-9-8-16(27-28(17)18)13-5-2-3-6-14(13)20(21,22)23/h2-12,16,18,24-25,27H,1H3,(H,26,29). The maximum atomic E-state index is 13.4. The molecule has 152 valence electrons. The molecule has 29 heavy (non-hydrogen) atoms. The number of carbonyl (C=O) groups excluding carboxylic acids is 1. The molecule has 9 heteroatoms. The van der Waals surface area contributed by atoms with E-state index in [4.69, 9.17) is 0 Å². The molecular formula is C20H20F3N5O. The molecule has 0 fully saturated rings. The molecule has 1 amide bonds. The molecule has 0 aromatic heterocycles. The quantitative estimate of drug-likeness (QED) is 0.584. The van der Waals surface area contributed by atoms with E-state index < -0.39 is 17.8 Å². The lowest BCUT2D eigenvalue weighted by Gasteiger charge is -2.35. The Labute approximate surface area is 165 Å². The lowest BCUT2D eigenvalue weighted by molar-refractivity contribution is -0.138. The van der Waals surface area contributed by atoms with Gasteiger partial charge in [-0.2, -0.15) is 13.2 Å². The highest BCUT2D eigenvalue weighted by atomic mass is 19.4. The topological polar surface area (TPSA) is 68.4 Å². The number of alkyl halides is 3. The fraction of sp³-hybridized carbons (Fsp3) is 0.250. The summed E-state index contributed by atoms with van der Waals surface area (Å²) in [6.07, 6.45) is 5.48. The monoisotopic (exact) mass is 403 g/mol. The largest absolute Gasteiger partial charge is 0.416 e. The van der Waals surface area contributed by atoms with Crippen molar-refractivity contribution in [3.8, 4) is 0 Å². The molecule has 3 unspecified atom stereocenters. The van der Waals surface area contributed by atoms with Crippen LogP contribution in [0.1, 0.15) is 24.1 Å². The van der Waals surface area contributed by atoms with Crippen molar-refractivity contribution in [1.82, 2.24) is 26.4 Å². The van der Waals surface area contributed by atoms with E-state index in [9.17, 15) is 18.0 Å². The first-order valence-electron chi connectivity index (χ1n) is 9.15. The van der Waals surface area contributed by atoms with Gasteiger partial charge in [0.05, 0.1) is 17.6 Å². The number of benzene rings is 1. The van der Waals surface area contributed by atoms with Crippen molar-refractivity contribution < 1.29 is 18.0 Å². The average molecular weight is 403 g/mol. The van der Waals surface area contributed by atoms with Crippen LogP contribution in [0.3, 0.4) is 0 Å². The van der Waals surface area contributed by atoms with E-state index in [2.05, 4.69) is 21.4 Å². The van der Waals surface area contributed by atoms with Gasteiger partial charge in [0.25, 0.3) is 5.91 Å². The lowest BCUT2D eigenvalue weighted by Crippen LogP contribution is -2.51. The van der Waals surface area contributed by atoms with Crippen LogP contribution in [0.2, 0.25) is 0 Å². The molecule has 1 aromatic rings. The van der Waals surface area contributed by atoms with Gasteiger partial charge in [-0.05, 0) is 43.0 Å². The van der Waals surface area contributed by atoms with Crippen molar-refractivity contribution in [3.05, 3.63) is 83.5 Å². The van der Waals surface area contributed by atoms with E-state index in [0.29, 0.717) is 5.70 Å². The van der Waals surface area contributed by atoms with Gasteiger partial charge in [0, 0.05) is 11.9 Å². The highest BCUT2D eigenvalue weighted by Crippen LogP contribution is 2.36. The molecule has 4 rings (SSSR count). The number of allylic oxidation sites excluding steroid dienone is 2. The van der Waals surface area contributed by atoms with Gasteiger partial charge in [0.2, 0.25) is 0 Å². The molecule has 3 aliphatic heterocycles. The highest BCUT2D eigenvalue weighted by molar-refractivity contribution is 5.94. The van der Waals surface area contributed by atoms with Crippen LogP contribution in [0.15, 0.2) is 72.4 Å². The van der Waals surface area contributed by atoms with Gasteiger partial charge in [-0.3, -0.25) is 9.80 Å². The summed E-state index contributed by atoms with van der Waals surface area (Å²) in [4.78, 5) is 12.8. The first-order chi connectivity index (χ1) is 13.8. The number of nitrogens with one attached hydrogen (secondary N) is 4. The molecule has 4 N–H and O–H groups in total. The number of halogens is 3. The Bertz CT molecular complexity index is 934. The Morgan fingerprint density at radius 1 is 1.17 bits per heavy atom. The van der Waals surface area contributed by atoms with Crippen molar-refractivity contribution in [2.45, 2.75) is 31.3 Å². The summed E-state index contributed by atoms with van der Waals surface area (Å²) in [6.45, 7) is 1.91. The number of nitrogens with zero attached hydrogens (tertiary/aromatic N) is 1. The normalized spacial score (nSPS) is 25.5. The van der Waals surface area contributed by atoms with E-state index in [0.717, 1.165) is 6.07 Å². The molecule has 1 aromatic carbocycles. The fourth-order valence-electron chi connectivity index (χ4n) is 3.46. The second-order valence-electron chi connectivity index (χ2n) is 6.91. The first-order valence-corrected chi connectivity index (χ1v) is 9.15. The van der Waals surface area contributed by atoms with E-state index in [1.165, 1.54) is 12.1 Å². The summed E-state index contributed by atoms with van der Waals surface area (Å²) in [7, 11) is 0. The minimum Gasteiger partial charge on any atom is -0.383 e. The van der Waals surface area contributed by atoms with Crippen LogP contribution in [0.25, 0.3) is 0 Å². The average Bonchev–Trinajstić information content (AvgIpc) is 3.12. The predicted octanol–water partition coefficient (Wildman–Crippen LogP) is 2.40. The van der Waals surface area contributed by atoms with Crippen molar-refractivity contribution >= 4 is 5.91 Å². The summed E-state index contributed by atoms with van der Waals surface area (Å²) in [5.41, 5.74) is 3.41. The van der Waals surface area contributed by atoms with Crippen LogP contribution in [-0.2, 0) is 11.0 Å². The van der Waals surface area contributed by atoms with Crippen molar-refractivity contribution in [3.63, 3.8) is 0 Å². The van der Waals surface area contributed by atoms with Crippen LogP contribution >= 0.6 is 0 Å². The summed E-state index contributed by atoms with van der Waals surface area (Å²) in [6, 6.07) is 4.63. The lowest BCUT2D eigenvalue weighted by atomic mass is 9.99. The molecule has 0 saturated heterocycles. The van der Waals surface area contributed by atoms with Crippen LogP contribution in [-0.4, -0.2) is 23.1 Å². The number of hydrazine groups is 1. The van der Waals surface area contributed by atoms with Crippen LogP contribution < -0.4 is 21.4 Å². The number of fused-ring (bicyclic) bond motifs is 1. The van der Waals surface area contributed by atoms with E-state index in [-0.39, 0.29) is 29.4 Å². The third kappa shape index (κ3) is 3.73. The number of hydrogen-bond acceptors (Lipinski definition) is 5. The van der Waals surface area contributed by atoms with E-state index in [1.54, 1.807) is 47.8 Å². The number of dihydropyridines is 1. The van der Waals surface area contributed by atoms with Gasteiger partial charge >= 0.3 is 6.18 Å². The molecular weight excluding hydrogens is 383 g/mol. The highest BCUT2D eigenvalue weighted by Gasteiger charge is 2.38. The molecule has 0 aliphatic carbocycles. The van der Waals surface area contributed by atoms with Crippen molar-refractivity contribution in [1.29, 1.82) is 0 Å². The Kier molecular flexibility index (Phi) is 4.83. The molecule has 0 bridgehead atoms. The maximum absolute atomic E-state index is 13.4. The number of rotatable bonds is 3.